The van der Waals surface area contributed by atoms with Crippen molar-refractivity contribution in [2.75, 3.05) is 0 Å². The molecule has 1 aliphatic carbocycles. The summed E-state index contributed by atoms with van der Waals surface area (Å²) in [5.41, 5.74) is 0.248. The summed E-state index contributed by atoms with van der Waals surface area (Å²) in [6.07, 6.45) is 7.22. The van der Waals surface area contributed by atoms with Crippen LogP contribution in [0.3, 0.4) is 0 Å². The monoisotopic (exact) mass is 610 g/mol. The van der Waals surface area contributed by atoms with Gasteiger partial charge in [-0.1, -0.05) is 0 Å². The number of hydrogen-bond acceptors (Lipinski definition) is 9. The maximum atomic E-state index is 15.2. The number of carboxylic acid groups (broad SMARTS) is 1. The molecule has 3 aromatic rings. The molecule has 5 rings (SSSR count). The van der Waals surface area contributed by atoms with Gasteiger partial charge in [0, 0.05) is 41.6 Å². The van der Waals surface area contributed by atoms with Crippen LogP contribution in [0.15, 0.2) is 53.8 Å². The van der Waals surface area contributed by atoms with Gasteiger partial charge in [-0.25, -0.2) is 23.6 Å². The first-order valence-corrected chi connectivity index (χ1v) is 14.1. The lowest BCUT2D eigenvalue weighted by atomic mass is 9.89. The van der Waals surface area contributed by atoms with Crippen LogP contribution in [0, 0.1) is 5.82 Å². The molecule has 2 aliphatic rings. The highest BCUT2D eigenvalue weighted by atomic mass is 19.1. The summed E-state index contributed by atoms with van der Waals surface area (Å²) >= 11 is 0. The van der Waals surface area contributed by atoms with E-state index in [4.69, 9.17) is 9.84 Å². The van der Waals surface area contributed by atoms with Crippen molar-refractivity contribution in [2.24, 2.45) is 4.99 Å². The predicted molar refractivity (Wildman–Crippen MR) is 155 cm³/mol. The first kappa shape index (κ1) is 30.5. The molecule has 6 N–H and O–H groups in total. The van der Waals surface area contributed by atoms with E-state index in [2.05, 4.69) is 41.2 Å². The highest BCUT2D eigenvalue weighted by molar-refractivity contribution is 6.09. The van der Waals surface area contributed by atoms with E-state index in [1.165, 1.54) is 31.5 Å². The normalized spacial score (nSPS) is 22.3. The third-order valence-corrected chi connectivity index (χ3v) is 7.52. The summed E-state index contributed by atoms with van der Waals surface area (Å²) < 4.78 is 34.1. The second kappa shape index (κ2) is 12.8. The zero-order valence-corrected chi connectivity index (χ0v) is 24.0. The highest BCUT2D eigenvalue weighted by Crippen LogP contribution is 2.29. The van der Waals surface area contributed by atoms with Crippen LogP contribution in [0.4, 0.5) is 13.6 Å². The Bertz CT molecular complexity index is 1640. The molecule has 4 atom stereocenters. The molecule has 1 fully saturated rings. The number of fused-ring (bicyclic) bond motifs is 1. The van der Waals surface area contributed by atoms with E-state index in [9.17, 15) is 18.8 Å². The fourth-order valence-electron chi connectivity index (χ4n) is 5.22. The second-order valence-corrected chi connectivity index (χ2v) is 10.9. The molecule has 0 radical (unpaired) electrons. The largest absolute Gasteiger partial charge is 0.480 e. The van der Waals surface area contributed by atoms with Gasteiger partial charge in [-0.05, 0) is 63.3 Å². The van der Waals surface area contributed by atoms with E-state index >= 15 is 4.39 Å². The van der Waals surface area contributed by atoms with Crippen LogP contribution in [0.1, 0.15) is 61.1 Å². The molecular weight excluding hydrogens is 578 g/mol. The Kier molecular flexibility index (Phi) is 8.85. The molecule has 0 spiro atoms. The number of aromatic nitrogens is 3. The number of aliphatic carboxylic acids is 1. The van der Waals surface area contributed by atoms with E-state index in [0.717, 1.165) is 19.0 Å². The third-order valence-electron chi connectivity index (χ3n) is 7.52. The molecule has 0 bridgehead atoms. The number of alkyl carbamates (subject to hydrolysis) is 1. The van der Waals surface area contributed by atoms with E-state index in [-0.39, 0.29) is 24.4 Å². The summed E-state index contributed by atoms with van der Waals surface area (Å²) in [5, 5.41) is 20.7. The number of halogens is 2. The number of rotatable bonds is 9. The number of pyridine rings is 2. The van der Waals surface area contributed by atoms with Gasteiger partial charge in [0.15, 0.2) is 11.5 Å². The minimum absolute atomic E-state index is 0.124. The Hall–Kier alpha value is -4.92. The summed E-state index contributed by atoms with van der Waals surface area (Å²) in [6, 6.07) is 2.89. The van der Waals surface area contributed by atoms with Gasteiger partial charge >= 0.3 is 12.1 Å². The van der Waals surface area contributed by atoms with Gasteiger partial charge < -0.3 is 30.8 Å². The average molecular weight is 611 g/mol. The number of carbonyl (C=O) groups excluding carboxylic acids is 2. The van der Waals surface area contributed by atoms with E-state index in [1.807, 2.05) is 0 Å². The van der Waals surface area contributed by atoms with E-state index in [0.29, 0.717) is 40.8 Å². The molecule has 13 nitrogen and oxygen atoms in total. The number of nitrogens with one attached hydrogen (secondary N) is 5. The van der Waals surface area contributed by atoms with Gasteiger partial charge in [0.2, 0.25) is 0 Å². The van der Waals surface area contributed by atoms with Gasteiger partial charge in [-0.3, -0.25) is 19.9 Å². The number of amides is 2. The van der Waals surface area contributed by atoms with Crippen molar-refractivity contribution in [3.63, 3.8) is 0 Å². The van der Waals surface area contributed by atoms with Gasteiger partial charge in [-0.15, -0.1) is 0 Å². The lowest BCUT2D eigenvalue weighted by Gasteiger charge is -2.37. The molecule has 2 amide bonds. The molecule has 0 aromatic carbocycles. The number of H-pyrrole nitrogens is 1. The van der Waals surface area contributed by atoms with Crippen LogP contribution in [0.5, 0.6) is 0 Å². The molecule has 1 aliphatic heterocycles. The van der Waals surface area contributed by atoms with Crippen molar-refractivity contribution in [1.82, 2.24) is 36.2 Å². The molecule has 4 heterocycles. The Labute approximate surface area is 250 Å². The fraction of sp³-hybridized carbons (Fsp3) is 0.379. The van der Waals surface area contributed by atoms with Crippen LogP contribution in [-0.2, 0) is 16.1 Å². The maximum absolute atomic E-state index is 15.2. The van der Waals surface area contributed by atoms with Crippen molar-refractivity contribution in [3.05, 3.63) is 71.5 Å². The van der Waals surface area contributed by atoms with Crippen LogP contribution in [-0.4, -0.2) is 67.7 Å². The molecule has 44 heavy (non-hydrogen) atoms. The molecular formula is C29H32F2N8O5. The van der Waals surface area contributed by atoms with Crippen molar-refractivity contribution >= 4 is 34.8 Å². The smallest absolute Gasteiger partial charge is 0.408 e. The third kappa shape index (κ3) is 6.99. The number of carboxylic acids is 1. The highest BCUT2D eigenvalue weighted by Gasteiger charge is 2.37. The van der Waals surface area contributed by atoms with Gasteiger partial charge in [0.1, 0.15) is 35.6 Å². The number of hydrogen-bond donors (Lipinski definition) is 6. The van der Waals surface area contributed by atoms with Crippen molar-refractivity contribution in [1.29, 1.82) is 0 Å². The predicted octanol–water partition coefficient (Wildman–Crippen LogP) is 3.00. The van der Waals surface area contributed by atoms with Crippen molar-refractivity contribution in [3.8, 4) is 0 Å². The zero-order valence-electron chi connectivity index (χ0n) is 24.0. The van der Waals surface area contributed by atoms with E-state index < -0.39 is 41.3 Å². The van der Waals surface area contributed by atoms with Gasteiger partial charge in [0.05, 0.1) is 6.20 Å². The van der Waals surface area contributed by atoms with Crippen LogP contribution < -0.4 is 21.3 Å². The Balaban J connectivity index is 1.20. The Morgan fingerprint density at radius 2 is 2.00 bits per heavy atom. The minimum atomic E-state index is -1.40. The SMILES string of the molecule is C[C@H](NC(=O)OCc1ccnc(C(=O)N[C@@H]2CCC[C@H](NC3(C)N=C(c4c[nH]c5ncc(F)cc45)NC=C3F)C2)c1)C(=O)O. The standard InChI is InChI=1S/C29H32F2N8O5/c1-15(27(41)42)36-28(43)44-14-16-6-7-32-22(8-16)26(40)37-18-4-3-5-19(10-18)38-29(2)23(31)13-35-25(39-29)21-12-34-24-20(21)9-17(30)11-33-24/h6-9,11-13,15,18-19,38H,3-5,10,14H2,1-2H3,(H,33,34)(H,35,39)(H,36,43)(H,37,40)(H,41,42)/t15-,18+,19-,29?/m0/s1. The maximum Gasteiger partial charge on any atom is 0.408 e. The number of ether oxygens (including phenoxy) is 1. The average Bonchev–Trinajstić information content (AvgIpc) is 3.41. The summed E-state index contributed by atoms with van der Waals surface area (Å²) in [7, 11) is 0. The summed E-state index contributed by atoms with van der Waals surface area (Å²) in [4.78, 5) is 51.5. The summed E-state index contributed by atoms with van der Waals surface area (Å²) in [6.45, 7) is 2.74. The summed E-state index contributed by atoms with van der Waals surface area (Å²) in [5.74, 6) is -2.29. The number of carbonyl (C=O) groups is 3. The molecule has 3 aromatic heterocycles. The number of nitrogens with zero attached hydrogens (tertiary/aromatic N) is 3. The molecule has 0 saturated heterocycles. The molecule has 1 unspecified atom stereocenters. The zero-order chi connectivity index (χ0) is 31.4. The quantitative estimate of drug-likeness (QED) is 0.212. The first-order valence-electron chi connectivity index (χ1n) is 14.1. The molecule has 1 saturated carbocycles. The van der Waals surface area contributed by atoms with Gasteiger partial charge in [-0.2, -0.15) is 0 Å². The molecule has 15 heteroatoms. The van der Waals surface area contributed by atoms with Crippen LogP contribution in [0.2, 0.25) is 0 Å². The van der Waals surface area contributed by atoms with Crippen LogP contribution >= 0.6 is 0 Å². The topological polar surface area (TPSA) is 183 Å². The Morgan fingerprint density at radius 1 is 1.20 bits per heavy atom. The fourth-order valence-corrected chi connectivity index (χ4v) is 5.22. The molecule has 232 valence electrons. The lowest BCUT2D eigenvalue weighted by molar-refractivity contribution is -0.138. The first-order chi connectivity index (χ1) is 21.0. The number of amidine groups is 1. The number of aromatic amines is 1. The van der Waals surface area contributed by atoms with Gasteiger partial charge in [0.25, 0.3) is 5.91 Å². The van der Waals surface area contributed by atoms with Crippen molar-refractivity contribution < 1.29 is 33.0 Å². The van der Waals surface area contributed by atoms with Crippen molar-refractivity contribution in [2.45, 2.75) is 69.9 Å². The minimum Gasteiger partial charge on any atom is -0.480 e. The van der Waals surface area contributed by atoms with E-state index in [1.54, 1.807) is 19.2 Å². The second-order valence-electron chi connectivity index (χ2n) is 10.9. The number of aliphatic imine (C=N–C) groups is 1. The van der Waals surface area contributed by atoms with Crippen LogP contribution in [0.25, 0.3) is 11.0 Å². The Morgan fingerprint density at radius 3 is 2.80 bits per heavy atom. The lowest BCUT2D eigenvalue weighted by Crippen LogP contribution is -2.54.